The van der Waals surface area contributed by atoms with E-state index in [1.54, 1.807) is 30.3 Å². The number of aromatic amines is 1. The Morgan fingerprint density at radius 2 is 2.10 bits per heavy atom. The third-order valence-electron chi connectivity index (χ3n) is 4.18. The van der Waals surface area contributed by atoms with E-state index in [4.69, 9.17) is 16.3 Å². The lowest BCUT2D eigenvalue weighted by atomic mass is 10.1. The molecule has 30 heavy (non-hydrogen) atoms. The maximum atomic E-state index is 12.3. The van der Waals surface area contributed by atoms with E-state index in [2.05, 4.69) is 27.4 Å². The number of hydrogen-bond acceptors (Lipinski definition) is 6. The summed E-state index contributed by atoms with van der Waals surface area (Å²) >= 11 is 6.09. The second-order valence-corrected chi connectivity index (χ2v) is 6.81. The maximum Gasteiger partial charge on any atom is 0.270 e. The number of hydrazone groups is 1. The molecular formula is C22H20ClN5O2. The molecular weight excluding hydrogens is 402 g/mol. The SMILES string of the molecule is CCCCOc1ccc(Cl)cc1C=NNc1nc(-c2ccccc2)c(C#N)c(=O)[nH]1. The summed E-state index contributed by atoms with van der Waals surface area (Å²) in [7, 11) is 0. The lowest BCUT2D eigenvalue weighted by Crippen LogP contribution is -2.16. The summed E-state index contributed by atoms with van der Waals surface area (Å²) in [5, 5.41) is 14.0. The normalized spacial score (nSPS) is 10.7. The van der Waals surface area contributed by atoms with Gasteiger partial charge in [-0.1, -0.05) is 55.3 Å². The first-order valence-electron chi connectivity index (χ1n) is 9.43. The zero-order chi connectivity index (χ0) is 21.3. The van der Waals surface area contributed by atoms with Crippen molar-refractivity contribution in [1.29, 1.82) is 5.26 Å². The first kappa shape index (κ1) is 21.1. The second kappa shape index (κ2) is 10.2. The second-order valence-electron chi connectivity index (χ2n) is 6.37. The highest BCUT2D eigenvalue weighted by atomic mass is 35.5. The monoisotopic (exact) mass is 421 g/mol. The third-order valence-corrected chi connectivity index (χ3v) is 4.41. The van der Waals surface area contributed by atoms with Crippen LogP contribution in [0.25, 0.3) is 11.3 Å². The van der Waals surface area contributed by atoms with Crippen molar-refractivity contribution in [3.8, 4) is 23.1 Å². The van der Waals surface area contributed by atoms with Gasteiger partial charge in [0.25, 0.3) is 5.56 Å². The molecule has 0 fully saturated rings. The van der Waals surface area contributed by atoms with E-state index >= 15 is 0 Å². The molecule has 0 bridgehead atoms. The summed E-state index contributed by atoms with van der Waals surface area (Å²) < 4.78 is 5.77. The highest BCUT2D eigenvalue weighted by molar-refractivity contribution is 6.30. The first-order chi connectivity index (χ1) is 14.6. The van der Waals surface area contributed by atoms with Crippen LogP contribution in [0.3, 0.4) is 0 Å². The predicted molar refractivity (Wildman–Crippen MR) is 118 cm³/mol. The van der Waals surface area contributed by atoms with Gasteiger partial charge in [0.2, 0.25) is 5.95 Å². The Balaban J connectivity index is 1.85. The zero-order valence-electron chi connectivity index (χ0n) is 16.4. The van der Waals surface area contributed by atoms with E-state index in [-0.39, 0.29) is 17.2 Å². The lowest BCUT2D eigenvalue weighted by Gasteiger charge is -2.09. The molecule has 0 amide bonds. The van der Waals surface area contributed by atoms with Crippen molar-refractivity contribution in [3.05, 3.63) is 75.0 Å². The molecule has 0 radical (unpaired) electrons. The zero-order valence-corrected chi connectivity index (χ0v) is 17.1. The van der Waals surface area contributed by atoms with Crippen LogP contribution in [-0.2, 0) is 0 Å². The Kier molecular flexibility index (Phi) is 7.19. The summed E-state index contributed by atoms with van der Waals surface area (Å²) in [5.41, 5.74) is 3.73. The molecule has 0 aliphatic rings. The minimum atomic E-state index is -0.546. The lowest BCUT2D eigenvalue weighted by molar-refractivity contribution is 0.309. The topological polar surface area (TPSA) is 103 Å². The molecule has 2 aromatic carbocycles. The van der Waals surface area contributed by atoms with Gasteiger partial charge in [-0.25, -0.2) is 10.4 Å². The number of nitrogens with zero attached hydrogens (tertiary/aromatic N) is 3. The molecule has 0 unspecified atom stereocenters. The number of nitriles is 1. The quantitative estimate of drug-likeness (QED) is 0.314. The fourth-order valence-electron chi connectivity index (χ4n) is 2.68. The Morgan fingerprint density at radius 1 is 1.30 bits per heavy atom. The summed E-state index contributed by atoms with van der Waals surface area (Å²) in [6.07, 6.45) is 3.50. The van der Waals surface area contributed by atoms with Crippen molar-refractivity contribution in [2.45, 2.75) is 19.8 Å². The summed E-state index contributed by atoms with van der Waals surface area (Å²) in [6, 6.07) is 16.2. The minimum Gasteiger partial charge on any atom is -0.493 e. The van der Waals surface area contributed by atoms with Gasteiger partial charge in [-0.2, -0.15) is 10.4 Å². The van der Waals surface area contributed by atoms with Gasteiger partial charge >= 0.3 is 0 Å². The molecule has 3 rings (SSSR count). The minimum absolute atomic E-state index is 0.0582. The van der Waals surface area contributed by atoms with Crippen LogP contribution in [-0.4, -0.2) is 22.8 Å². The van der Waals surface area contributed by atoms with E-state index in [1.165, 1.54) is 6.21 Å². The molecule has 3 aromatic rings. The molecule has 0 aliphatic carbocycles. The van der Waals surface area contributed by atoms with Gasteiger partial charge in [-0.05, 0) is 24.6 Å². The van der Waals surface area contributed by atoms with Crippen LogP contribution in [0, 0.1) is 11.3 Å². The first-order valence-corrected chi connectivity index (χ1v) is 9.81. The van der Waals surface area contributed by atoms with Crippen molar-refractivity contribution in [3.63, 3.8) is 0 Å². The van der Waals surface area contributed by atoms with Gasteiger partial charge in [0.05, 0.1) is 18.5 Å². The van der Waals surface area contributed by atoms with Gasteiger partial charge < -0.3 is 4.74 Å². The number of unbranched alkanes of at least 4 members (excludes halogenated alkanes) is 1. The molecule has 0 saturated heterocycles. The number of hydrogen-bond donors (Lipinski definition) is 2. The number of aromatic nitrogens is 2. The van der Waals surface area contributed by atoms with Gasteiger partial charge in [-0.3, -0.25) is 9.78 Å². The number of anilines is 1. The molecule has 1 aromatic heterocycles. The molecule has 0 saturated carbocycles. The molecule has 1 heterocycles. The number of nitrogens with one attached hydrogen (secondary N) is 2. The largest absolute Gasteiger partial charge is 0.493 e. The van der Waals surface area contributed by atoms with Crippen molar-refractivity contribution >= 4 is 23.8 Å². The van der Waals surface area contributed by atoms with Crippen LogP contribution in [0.4, 0.5) is 5.95 Å². The van der Waals surface area contributed by atoms with Crippen molar-refractivity contribution in [2.24, 2.45) is 5.10 Å². The van der Waals surface area contributed by atoms with E-state index in [9.17, 15) is 10.1 Å². The van der Waals surface area contributed by atoms with Crippen LogP contribution in [0.2, 0.25) is 5.02 Å². The Bertz CT molecular complexity index is 1140. The summed E-state index contributed by atoms with van der Waals surface area (Å²) in [4.78, 5) is 19.2. The Labute approximate surface area is 179 Å². The number of benzene rings is 2. The number of halogens is 1. The molecule has 0 aliphatic heterocycles. The fraction of sp³-hybridized carbons (Fsp3) is 0.182. The average molecular weight is 422 g/mol. The van der Waals surface area contributed by atoms with E-state index < -0.39 is 5.56 Å². The molecule has 0 atom stereocenters. The van der Waals surface area contributed by atoms with Crippen LogP contribution in [0.15, 0.2) is 58.4 Å². The van der Waals surface area contributed by atoms with Crippen molar-refractivity contribution < 1.29 is 4.74 Å². The molecule has 2 N–H and O–H groups in total. The summed E-state index contributed by atoms with van der Waals surface area (Å²) in [6.45, 7) is 2.68. The van der Waals surface area contributed by atoms with Gasteiger partial charge in [0.15, 0.2) is 0 Å². The smallest absolute Gasteiger partial charge is 0.270 e. The van der Waals surface area contributed by atoms with Gasteiger partial charge in [0.1, 0.15) is 17.4 Å². The Morgan fingerprint density at radius 3 is 2.83 bits per heavy atom. The highest BCUT2D eigenvalue weighted by Gasteiger charge is 2.13. The van der Waals surface area contributed by atoms with Crippen molar-refractivity contribution in [1.82, 2.24) is 9.97 Å². The molecule has 0 spiro atoms. The fourth-order valence-corrected chi connectivity index (χ4v) is 2.86. The number of rotatable bonds is 8. The molecule has 7 nitrogen and oxygen atoms in total. The predicted octanol–water partition coefficient (Wildman–Crippen LogP) is 4.59. The van der Waals surface area contributed by atoms with E-state index in [1.807, 2.05) is 24.3 Å². The number of H-pyrrole nitrogens is 1. The standard InChI is InChI=1S/C22H20ClN5O2/c1-2-3-11-30-19-10-9-17(23)12-16(19)14-25-28-22-26-20(15-7-5-4-6-8-15)18(13-24)21(29)27-22/h4-10,12,14H,2-3,11H2,1H3,(H2,26,27,28,29). The Hall–Kier alpha value is -3.63. The van der Waals surface area contributed by atoms with Crippen LogP contribution in [0.5, 0.6) is 5.75 Å². The van der Waals surface area contributed by atoms with Gasteiger partial charge in [0, 0.05) is 16.1 Å². The maximum absolute atomic E-state index is 12.3. The highest BCUT2D eigenvalue weighted by Crippen LogP contribution is 2.22. The molecule has 152 valence electrons. The van der Waals surface area contributed by atoms with Crippen LogP contribution < -0.4 is 15.7 Å². The van der Waals surface area contributed by atoms with E-state index in [0.29, 0.717) is 28.5 Å². The summed E-state index contributed by atoms with van der Waals surface area (Å²) in [5.74, 6) is 0.772. The average Bonchev–Trinajstić information content (AvgIpc) is 2.75. The van der Waals surface area contributed by atoms with Crippen LogP contribution >= 0.6 is 11.6 Å². The van der Waals surface area contributed by atoms with Gasteiger partial charge in [-0.15, -0.1) is 0 Å². The number of ether oxygens (including phenoxy) is 1. The van der Waals surface area contributed by atoms with Crippen LogP contribution in [0.1, 0.15) is 30.9 Å². The van der Waals surface area contributed by atoms with Crippen molar-refractivity contribution in [2.75, 3.05) is 12.0 Å². The van der Waals surface area contributed by atoms with E-state index in [0.717, 1.165) is 12.8 Å². The third kappa shape index (κ3) is 5.25. The molecule has 8 heteroatoms.